The van der Waals surface area contributed by atoms with Crippen LogP contribution in [0.2, 0.25) is 0 Å². The number of sulfonamides is 1. The molecule has 1 unspecified atom stereocenters. The fraction of sp³-hybridized carbons (Fsp3) is 0.462. The maximum absolute atomic E-state index is 12.3. The van der Waals surface area contributed by atoms with Crippen LogP contribution >= 0.6 is 0 Å². The van der Waals surface area contributed by atoms with Gasteiger partial charge in [-0.1, -0.05) is 18.2 Å². The van der Waals surface area contributed by atoms with E-state index in [4.69, 9.17) is 5.26 Å². The van der Waals surface area contributed by atoms with Crippen molar-refractivity contribution in [2.45, 2.75) is 31.6 Å². The van der Waals surface area contributed by atoms with Gasteiger partial charge >= 0.3 is 0 Å². The monoisotopic (exact) mass is 264 g/mol. The zero-order valence-corrected chi connectivity index (χ0v) is 11.2. The van der Waals surface area contributed by atoms with Crippen LogP contribution in [-0.2, 0) is 15.8 Å². The molecule has 1 fully saturated rings. The van der Waals surface area contributed by atoms with Crippen molar-refractivity contribution in [3.8, 4) is 6.07 Å². The highest BCUT2D eigenvalue weighted by Crippen LogP contribution is 2.23. The summed E-state index contributed by atoms with van der Waals surface area (Å²) in [5.74, 6) is -0.0823. The maximum atomic E-state index is 12.3. The highest BCUT2D eigenvalue weighted by Gasteiger charge is 2.31. The van der Waals surface area contributed by atoms with Crippen molar-refractivity contribution < 1.29 is 8.42 Å². The number of hydrogen-bond acceptors (Lipinski definition) is 3. The first-order valence-corrected chi connectivity index (χ1v) is 7.63. The van der Waals surface area contributed by atoms with Gasteiger partial charge in [-0.05, 0) is 31.4 Å². The molecule has 1 aliphatic rings. The van der Waals surface area contributed by atoms with Gasteiger partial charge in [0.1, 0.15) is 0 Å². The van der Waals surface area contributed by atoms with E-state index in [-0.39, 0.29) is 11.8 Å². The Balaban J connectivity index is 2.26. The summed E-state index contributed by atoms with van der Waals surface area (Å²) in [6, 6.07) is 8.97. The molecule has 96 valence electrons. The fourth-order valence-electron chi connectivity index (χ4n) is 2.35. The summed E-state index contributed by atoms with van der Waals surface area (Å²) in [7, 11) is -3.31. The zero-order valence-electron chi connectivity index (χ0n) is 10.3. The lowest BCUT2D eigenvalue weighted by Crippen LogP contribution is -2.34. The van der Waals surface area contributed by atoms with Gasteiger partial charge in [0.25, 0.3) is 0 Å². The van der Waals surface area contributed by atoms with E-state index in [1.54, 1.807) is 28.6 Å². The molecular formula is C13H16N2O2S. The van der Waals surface area contributed by atoms with Crippen LogP contribution in [0.1, 0.15) is 30.9 Å². The lowest BCUT2D eigenvalue weighted by atomic mass is 10.1. The topological polar surface area (TPSA) is 61.2 Å². The van der Waals surface area contributed by atoms with E-state index in [0.717, 1.165) is 12.8 Å². The highest BCUT2D eigenvalue weighted by molar-refractivity contribution is 7.88. The largest absolute Gasteiger partial charge is 0.218 e. The predicted molar refractivity (Wildman–Crippen MR) is 69.2 cm³/mol. The molecule has 0 radical (unpaired) electrons. The number of nitrogens with zero attached hydrogens (tertiary/aromatic N) is 2. The van der Waals surface area contributed by atoms with Crippen LogP contribution < -0.4 is 0 Å². The summed E-state index contributed by atoms with van der Waals surface area (Å²) in [5.41, 5.74) is 1.02. The molecule has 1 aromatic rings. The Morgan fingerprint density at radius 3 is 2.78 bits per heavy atom. The average Bonchev–Trinajstić information content (AvgIpc) is 2.76. The Morgan fingerprint density at radius 1 is 1.44 bits per heavy atom. The second kappa shape index (κ2) is 5.09. The number of nitriles is 1. The van der Waals surface area contributed by atoms with Crippen molar-refractivity contribution in [2.24, 2.45) is 0 Å². The second-order valence-corrected chi connectivity index (χ2v) is 6.55. The standard InChI is InChI=1S/C13H16N2O2S/c1-11-5-4-8-15(11)18(16,17)10-13-7-3-2-6-12(13)9-14/h2-3,6-7,11H,4-5,8,10H2,1H3. The van der Waals surface area contributed by atoms with E-state index in [1.807, 2.05) is 13.0 Å². The van der Waals surface area contributed by atoms with Gasteiger partial charge in [0.05, 0.1) is 17.4 Å². The van der Waals surface area contributed by atoms with Crippen molar-refractivity contribution in [2.75, 3.05) is 6.54 Å². The highest BCUT2D eigenvalue weighted by atomic mass is 32.2. The van der Waals surface area contributed by atoms with E-state index >= 15 is 0 Å². The molecular weight excluding hydrogens is 248 g/mol. The molecule has 0 aliphatic carbocycles. The molecule has 0 bridgehead atoms. The van der Waals surface area contributed by atoms with Gasteiger partial charge in [-0.25, -0.2) is 8.42 Å². The molecule has 1 atom stereocenters. The Labute approximate surface area is 108 Å². The van der Waals surface area contributed by atoms with Crippen LogP contribution in [0.3, 0.4) is 0 Å². The van der Waals surface area contributed by atoms with Crippen LogP contribution in [0, 0.1) is 11.3 Å². The van der Waals surface area contributed by atoms with E-state index < -0.39 is 10.0 Å². The molecule has 1 saturated heterocycles. The first kappa shape index (κ1) is 13.1. The maximum Gasteiger partial charge on any atom is 0.218 e. The molecule has 1 heterocycles. The predicted octanol–water partition coefficient (Wildman–Crippen LogP) is 1.87. The fourth-order valence-corrected chi connectivity index (χ4v) is 4.23. The number of benzene rings is 1. The molecule has 4 nitrogen and oxygen atoms in total. The lowest BCUT2D eigenvalue weighted by molar-refractivity contribution is 0.407. The molecule has 2 rings (SSSR count). The Morgan fingerprint density at radius 2 is 2.17 bits per heavy atom. The third-order valence-electron chi connectivity index (χ3n) is 3.33. The minimum Gasteiger partial charge on any atom is -0.212 e. The Kier molecular flexibility index (Phi) is 3.69. The molecule has 1 aromatic carbocycles. The summed E-state index contributed by atoms with van der Waals surface area (Å²) in [4.78, 5) is 0. The molecule has 0 saturated carbocycles. The zero-order chi connectivity index (χ0) is 13.2. The molecule has 5 heteroatoms. The van der Waals surface area contributed by atoms with Gasteiger partial charge in [0.2, 0.25) is 10.0 Å². The van der Waals surface area contributed by atoms with Gasteiger partial charge in [0.15, 0.2) is 0 Å². The van der Waals surface area contributed by atoms with Crippen molar-refractivity contribution >= 4 is 10.0 Å². The van der Waals surface area contributed by atoms with Crippen LogP contribution in [-0.4, -0.2) is 25.3 Å². The van der Waals surface area contributed by atoms with Crippen molar-refractivity contribution in [1.29, 1.82) is 5.26 Å². The summed E-state index contributed by atoms with van der Waals surface area (Å²) in [6.45, 7) is 2.53. The van der Waals surface area contributed by atoms with E-state index in [9.17, 15) is 8.42 Å². The smallest absolute Gasteiger partial charge is 0.212 e. The molecule has 1 aliphatic heterocycles. The Hall–Kier alpha value is -1.38. The van der Waals surface area contributed by atoms with Crippen molar-refractivity contribution in [3.05, 3.63) is 35.4 Å². The third-order valence-corrected chi connectivity index (χ3v) is 5.26. The van der Waals surface area contributed by atoms with E-state index in [2.05, 4.69) is 0 Å². The van der Waals surface area contributed by atoms with Crippen LogP contribution in [0.15, 0.2) is 24.3 Å². The minimum absolute atomic E-state index is 0.0734. The van der Waals surface area contributed by atoms with Gasteiger partial charge in [-0.2, -0.15) is 9.57 Å². The molecule has 0 aromatic heterocycles. The quantitative estimate of drug-likeness (QED) is 0.837. The lowest BCUT2D eigenvalue weighted by Gasteiger charge is -2.21. The van der Waals surface area contributed by atoms with Crippen LogP contribution in [0.25, 0.3) is 0 Å². The van der Waals surface area contributed by atoms with Gasteiger partial charge in [-0.15, -0.1) is 0 Å². The summed E-state index contributed by atoms with van der Waals surface area (Å²) >= 11 is 0. The van der Waals surface area contributed by atoms with Crippen molar-refractivity contribution in [1.82, 2.24) is 4.31 Å². The summed E-state index contributed by atoms with van der Waals surface area (Å²) < 4.78 is 26.2. The molecule has 0 spiro atoms. The van der Waals surface area contributed by atoms with Gasteiger partial charge in [-0.3, -0.25) is 0 Å². The summed E-state index contributed by atoms with van der Waals surface area (Å²) in [5, 5.41) is 8.97. The number of hydrogen-bond donors (Lipinski definition) is 0. The first-order valence-electron chi connectivity index (χ1n) is 6.02. The SMILES string of the molecule is CC1CCCN1S(=O)(=O)Cc1ccccc1C#N. The molecule has 0 amide bonds. The van der Waals surface area contributed by atoms with Crippen molar-refractivity contribution in [3.63, 3.8) is 0 Å². The van der Waals surface area contributed by atoms with Gasteiger partial charge in [0, 0.05) is 12.6 Å². The van der Waals surface area contributed by atoms with Crippen LogP contribution in [0.4, 0.5) is 0 Å². The van der Waals surface area contributed by atoms with Crippen LogP contribution in [0.5, 0.6) is 0 Å². The minimum atomic E-state index is -3.31. The normalized spacial score (nSPS) is 20.8. The van der Waals surface area contributed by atoms with Gasteiger partial charge < -0.3 is 0 Å². The summed E-state index contributed by atoms with van der Waals surface area (Å²) in [6.07, 6.45) is 1.83. The number of rotatable bonds is 3. The third kappa shape index (κ3) is 2.55. The first-order chi connectivity index (χ1) is 8.54. The molecule has 0 N–H and O–H groups in total. The average molecular weight is 264 g/mol. The Bertz CT molecular complexity index is 575. The van der Waals surface area contributed by atoms with E-state index in [0.29, 0.717) is 17.7 Å². The van der Waals surface area contributed by atoms with E-state index in [1.165, 1.54) is 0 Å². The second-order valence-electron chi connectivity index (χ2n) is 4.63. The molecule has 18 heavy (non-hydrogen) atoms.